The van der Waals surface area contributed by atoms with Crippen LogP contribution < -0.4 is 9.46 Å². The molecule has 0 radical (unpaired) electrons. The van der Waals surface area contributed by atoms with Crippen LogP contribution in [0.25, 0.3) is 22.0 Å². The van der Waals surface area contributed by atoms with Gasteiger partial charge in [0.15, 0.2) is 0 Å². The molecule has 30 heavy (non-hydrogen) atoms. The Balaban J connectivity index is 1.46. The number of nitrogens with one attached hydrogen (secondary N) is 2. The van der Waals surface area contributed by atoms with E-state index in [4.69, 9.17) is 9.84 Å². The molecule has 6 nitrogen and oxygen atoms in total. The number of ether oxygens (including phenoxy) is 1. The lowest BCUT2D eigenvalue weighted by molar-refractivity contribution is 0.282. The first kappa shape index (κ1) is 20.2. The van der Waals surface area contributed by atoms with E-state index in [2.05, 4.69) is 9.71 Å². The molecule has 0 fully saturated rings. The number of aromatic amines is 1. The van der Waals surface area contributed by atoms with Crippen LogP contribution in [0.4, 0.5) is 0 Å². The normalized spacial score (nSPS) is 11.7. The number of hydrogen-bond donors (Lipinski definition) is 3. The Kier molecular flexibility index (Phi) is 5.59. The first-order chi connectivity index (χ1) is 14.5. The van der Waals surface area contributed by atoms with Gasteiger partial charge in [-0.25, -0.2) is 13.1 Å². The van der Waals surface area contributed by atoms with E-state index >= 15 is 0 Å². The predicted molar refractivity (Wildman–Crippen MR) is 117 cm³/mol. The zero-order chi connectivity index (χ0) is 21.1. The fraction of sp³-hybridized carbons (Fsp3) is 0.130. The Hall–Kier alpha value is -3.13. The Morgan fingerprint density at radius 1 is 0.900 bits per heavy atom. The van der Waals surface area contributed by atoms with Gasteiger partial charge in [0, 0.05) is 17.4 Å². The van der Waals surface area contributed by atoms with Crippen molar-refractivity contribution in [2.45, 2.75) is 18.2 Å². The number of H-pyrrole nitrogens is 1. The van der Waals surface area contributed by atoms with Crippen LogP contribution in [0.3, 0.4) is 0 Å². The van der Waals surface area contributed by atoms with Gasteiger partial charge in [-0.2, -0.15) is 0 Å². The summed E-state index contributed by atoms with van der Waals surface area (Å²) in [5.41, 5.74) is 4.50. The van der Waals surface area contributed by atoms with Crippen molar-refractivity contribution in [2.24, 2.45) is 0 Å². The van der Waals surface area contributed by atoms with E-state index in [9.17, 15) is 8.42 Å². The third kappa shape index (κ3) is 4.23. The average molecular weight is 423 g/mol. The standard InChI is InChI=1S/C23H22N2O4S/c1-29-21-10-11-22-20(12-21)13-23(25-22)30(27,28)24-14-16-2-6-18(7-3-16)19-8-4-17(15-26)5-9-19/h2-13,24-26H,14-15H2,1H3. The Bertz CT molecular complexity index is 1260. The van der Waals surface area contributed by atoms with E-state index in [1.165, 1.54) is 0 Å². The van der Waals surface area contributed by atoms with Crippen molar-refractivity contribution >= 4 is 20.9 Å². The molecule has 3 aromatic carbocycles. The Labute approximate surface area is 175 Å². The fourth-order valence-corrected chi connectivity index (χ4v) is 4.27. The molecule has 0 atom stereocenters. The zero-order valence-electron chi connectivity index (χ0n) is 16.4. The molecule has 3 N–H and O–H groups in total. The van der Waals surface area contributed by atoms with Crippen LogP contribution in [0, 0.1) is 0 Å². The molecular weight excluding hydrogens is 400 g/mol. The second-order valence-corrected chi connectivity index (χ2v) is 8.70. The van der Waals surface area contributed by atoms with E-state index in [-0.39, 0.29) is 18.2 Å². The highest BCUT2D eigenvalue weighted by molar-refractivity contribution is 7.89. The summed E-state index contributed by atoms with van der Waals surface area (Å²) in [4.78, 5) is 2.94. The lowest BCUT2D eigenvalue weighted by atomic mass is 10.0. The van der Waals surface area contributed by atoms with Crippen molar-refractivity contribution in [3.05, 3.63) is 83.9 Å². The number of aromatic nitrogens is 1. The molecule has 1 aromatic heterocycles. The van der Waals surface area contributed by atoms with E-state index in [0.29, 0.717) is 5.75 Å². The molecule has 4 rings (SSSR count). The van der Waals surface area contributed by atoms with Crippen LogP contribution in [-0.4, -0.2) is 25.6 Å². The maximum Gasteiger partial charge on any atom is 0.256 e. The van der Waals surface area contributed by atoms with E-state index in [1.54, 1.807) is 31.4 Å². The highest BCUT2D eigenvalue weighted by Gasteiger charge is 2.17. The molecule has 0 aliphatic carbocycles. The van der Waals surface area contributed by atoms with Crippen molar-refractivity contribution in [1.29, 1.82) is 0 Å². The maximum atomic E-state index is 12.7. The van der Waals surface area contributed by atoms with Gasteiger partial charge in [0.25, 0.3) is 10.0 Å². The van der Waals surface area contributed by atoms with Crippen molar-refractivity contribution in [3.63, 3.8) is 0 Å². The summed E-state index contributed by atoms with van der Waals surface area (Å²) in [7, 11) is -2.11. The van der Waals surface area contributed by atoms with Gasteiger partial charge in [0.2, 0.25) is 0 Å². The van der Waals surface area contributed by atoms with E-state index < -0.39 is 10.0 Å². The fourth-order valence-electron chi connectivity index (χ4n) is 3.23. The number of methoxy groups -OCH3 is 1. The molecule has 0 spiro atoms. The summed E-state index contributed by atoms with van der Waals surface area (Å²) in [5, 5.41) is 10.0. The highest BCUT2D eigenvalue weighted by Crippen LogP contribution is 2.24. The summed E-state index contributed by atoms with van der Waals surface area (Å²) in [6.07, 6.45) is 0. The minimum Gasteiger partial charge on any atom is -0.497 e. The number of rotatable bonds is 7. The van der Waals surface area contributed by atoms with E-state index in [0.717, 1.165) is 33.2 Å². The molecule has 0 bridgehead atoms. The highest BCUT2D eigenvalue weighted by atomic mass is 32.2. The summed E-state index contributed by atoms with van der Waals surface area (Å²) in [6, 6.07) is 22.3. The zero-order valence-corrected chi connectivity index (χ0v) is 17.2. The van der Waals surface area contributed by atoms with Crippen molar-refractivity contribution in [3.8, 4) is 16.9 Å². The number of hydrogen-bond acceptors (Lipinski definition) is 4. The van der Waals surface area contributed by atoms with Gasteiger partial charge in [-0.3, -0.25) is 0 Å². The van der Waals surface area contributed by atoms with Crippen molar-refractivity contribution < 1.29 is 18.3 Å². The summed E-state index contributed by atoms with van der Waals surface area (Å²) in [6.45, 7) is 0.202. The van der Waals surface area contributed by atoms with Gasteiger partial charge in [0.05, 0.1) is 13.7 Å². The second-order valence-electron chi connectivity index (χ2n) is 6.96. The SMILES string of the molecule is COc1ccc2[nH]c(S(=O)(=O)NCc3ccc(-c4ccc(CO)cc4)cc3)cc2c1. The van der Waals surface area contributed by atoms with Gasteiger partial charge >= 0.3 is 0 Å². The summed E-state index contributed by atoms with van der Waals surface area (Å²) in [5.74, 6) is 0.671. The predicted octanol–water partition coefficient (Wildman–Crippen LogP) is 3.81. The van der Waals surface area contributed by atoms with Crippen LogP contribution in [0.5, 0.6) is 5.75 Å². The van der Waals surface area contributed by atoms with Crippen LogP contribution in [0.1, 0.15) is 11.1 Å². The van der Waals surface area contributed by atoms with Gasteiger partial charge < -0.3 is 14.8 Å². The molecule has 0 aliphatic heterocycles. The summed E-state index contributed by atoms with van der Waals surface area (Å²) >= 11 is 0. The Morgan fingerprint density at radius 2 is 1.53 bits per heavy atom. The first-order valence-electron chi connectivity index (χ1n) is 9.44. The smallest absolute Gasteiger partial charge is 0.256 e. The van der Waals surface area contributed by atoms with E-state index in [1.807, 2.05) is 48.5 Å². The topological polar surface area (TPSA) is 91.4 Å². The molecule has 0 saturated heterocycles. The first-order valence-corrected chi connectivity index (χ1v) is 10.9. The second kappa shape index (κ2) is 8.31. The lowest BCUT2D eigenvalue weighted by Gasteiger charge is -2.07. The van der Waals surface area contributed by atoms with Crippen molar-refractivity contribution in [2.75, 3.05) is 7.11 Å². The molecule has 0 amide bonds. The lowest BCUT2D eigenvalue weighted by Crippen LogP contribution is -2.23. The van der Waals surface area contributed by atoms with Crippen LogP contribution in [0.15, 0.2) is 77.8 Å². The third-order valence-electron chi connectivity index (χ3n) is 4.98. The molecule has 0 saturated carbocycles. The number of benzene rings is 3. The minimum atomic E-state index is -3.68. The van der Waals surface area contributed by atoms with Crippen LogP contribution >= 0.6 is 0 Å². The number of aliphatic hydroxyl groups excluding tert-OH is 1. The monoisotopic (exact) mass is 422 g/mol. The van der Waals surface area contributed by atoms with Crippen LogP contribution in [0.2, 0.25) is 0 Å². The van der Waals surface area contributed by atoms with Crippen LogP contribution in [-0.2, 0) is 23.2 Å². The number of fused-ring (bicyclic) bond motifs is 1. The summed E-state index contributed by atoms with van der Waals surface area (Å²) < 4.78 is 33.2. The van der Waals surface area contributed by atoms with Gasteiger partial charge in [-0.1, -0.05) is 48.5 Å². The van der Waals surface area contributed by atoms with Crippen molar-refractivity contribution in [1.82, 2.24) is 9.71 Å². The number of aliphatic hydroxyl groups is 1. The maximum absolute atomic E-state index is 12.7. The molecule has 4 aromatic rings. The molecule has 0 aliphatic rings. The average Bonchev–Trinajstić information content (AvgIpc) is 3.22. The molecule has 7 heteroatoms. The van der Waals surface area contributed by atoms with Gasteiger partial charge in [0.1, 0.15) is 10.8 Å². The quantitative estimate of drug-likeness (QED) is 0.422. The Morgan fingerprint density at radius 3 is 2.13 bits per heavy atom. The van der Waals surface area contributed by atoms with Gasteiger partial charge in [-0.15, -0.1) is 0 Å². The molecule has 154 valence electrons. The largest absolute Gasteiger partial charge is 0.497 e. The molecule has 1 heterocycles. The number of sulfonamides is 1. The molecular formula is C23H22N2O4S. The molecule has 0 unspecified atom stereocenters. The minimum absolute atomic E-state index is 0.0171. The third-order valence-corrected chi connectivity index (χ3v) is 6.31. The van der Waals surface area contributed by atoms with Gasteiger partial charge in [-0.05, 0) is 46.5 Å².